The molecular weight excluding hydrogens is 252 g/mol. The number of hydrazine groups is 1. The lowest BCUT2D eigenvalue weighted by molar-refractivity contribution is 0.0942. The molecule has 20 heavy (non-hydrogen) atoms. The van der Waals surface area contributed by atoms with E-state index in [-0.39, 0.29) is 5.78 Å². The molecule has 2 aromatic carbocycles. The van der Waals surface area contributed by atoms with Crippen LogP contribution in [-0.2, 0) is 0 Å². The van der Waals surface area contributed by atoms with Gasteiger partial charge in [-0.05, 0) is 25.5 Å². The molecule has 0 radical (unpaired) electrons. The summed E-state index contributed by atoms with van der Waals surface area (Å²) in [6, 6.07) is 12.4. The highest BCUT2D eigenvalue weighted by Gasteiger charge is 2.20. The zero-order valence-electron chi connectivity index (χ0n) is 11.4. The minimum absolute atomic E-state index is 0.179. The van der Waals surface area contributed by atoms with Crippen molar-refractivity contribution in [1.82, 2.24) is 5.43 Å². The van der Waals surface area contributed by atoms with E-state index in [1.54, 1.807) is 30.3 Å². The highest BCUT2D eigenvalue weighted by Crippen LogP contribution is 2.21. The van der Waals surface area contributed by atoms with Crippen molar-refractivity contribution in [3.8, 4) is 0 Å². The van der Waals surface area contributed by atoms with Crippen LogP contribution < -0.4 is 11.3 Å². The van der Waals surface area contributed by atoms with Crippen molar-refractivity contribution >= 4 is 11.7 Å². The van der Waals surface area contributed by atoms with E-state index >= 15 is 0 Å². The Hall–Kier alpha value is -2.46. The van der Waals surface area contributed by atoms with Gasteiger partial charge in [-0.25, -0.2) is 5.84 Å². The first kappa shape index (κ1) is 14.0. The Morgan fingerprint density at radius 1 is 1.05 bits per heavy atom. The van der Waals surface area contributed by atoms with Crippen molar-refractivity contribution in [2.75, 3.05) is 0 Å². The van der Waals surface area contributed by atoms with Crippen molar-refractivity contribution in [3.63, 3.8) is 0 Å². The van der Waals surface area contributed by atoms with Crippen LogP contribution in [0.5, 0.6) is 0 Å². The molecular formula is C16H16N2O2. The maximum absolute atomic E-state index is 12.6. The Bertz CT molecular complexity index is 664. The van der Waals surface area contributed by atoms with Gasteiger partial charge in [-0.3, -0.25) is 15.0 Å². The number of aryl methyl sites for hydroxylation is 2. The van der Waals surface area contributed by atoms with Gasteiger partial charge in [0.1, 0.15) is 0 Å². The fourth-order valence-corrected chi connectivity index (χ4v) is 2.26. The van der Waals surface area contributed by atoms with Crippen LogP contribution in [0.3, 0.4) is 0 Å². The molecule has 0 aliphatic carbocycles. The molecule has 0 saturated carbocycles. The van der Waals surface area contributed by atoms with E-state index in [1.807, 2.05) is 26.0 Å². The second-order valence-corrected chi connectivity index (χ2v) is 4.67. The number of ketones is 1. The Balaban J connectivity index is 2.61. The monoisotopic (exact) mass is 268 g/mol. The number of amides is 1. The molecule has 3 N–H and O–H groups in total. The Morgan fingerprint density at radius 2 is 1.70 bits per heavy atom. The predicted molar refractivity (Wildman–Crippen MR) is 77.4 cm³/mol. The molecule has 0 fully saturated rings. The molecule has 2 aromatic rings. The summed E-state index contributed by atoms with van der Waals surface area (Å²) in [7, 11) is 0. The Morgan fingerprint density at radius 3 is 2.30 bits per heavy atom. The molecule has 0 aliphatic heterocycles. The van der Waals surface area contributed by atoms with Gasteiger partial charge in [0, 0.05) is 11.1 Å². The summed E-state index contributed by atoms with van der Waals surface area (Å²) in [6.07, 6.45) is 0. The number of nitrogen functional groups attached to an aromatic ring is 1. The first-order valence-corrected chi connectivity index (χ1v) is 6.26. The van der Waals surface area contributed by atoms with Gasteiger partial charge in [0.25, 0.3) is 5.91 Å². The number of hydrogen-bond acceptors (Lipinski definition) is 3. The molecule has 0 bridgehead atoms. The third-order valence-corrected chi connectivity index (χ3v) is 3.12. The summed E-state index contributed by atoms with van der Waals surface area (Å²) >= 11 is 0. The van der Waals surface area contributed by atoms with E-state index in [2.05, 4.69) is 5.43 Å². The fraction of sp³-hybridized carbons (Fsp3) is 0.125. The number of carbonyl (C=O) groups is 2. The van der Waals surface area contributed by atoms with E-state index in [0.717, 1.165) is 11.1 Å². The fourth-order valence-electron chi connectivity index (χ4n) is 2.26. The molecule has 0 aromatic heterocycles. The number of rotatable bonds is 3. The van der Waals surface area contributed by atoms with Gasteiger partial charge in [0.15, 0.2) is 5.78 Å². The molecule has 4 heteroatoms. The van der Waals surface area contributed by atoms with Crippen molar-refractivity contribution in [2.45, 2.75) is 13.8 Å². The third kappa shape index (κ3) is 2.60. The molecule has 0 saturated heterocycles. The lowest BCUT2D eigenvalue weighted by Crippen LogP contribution is -2.31. The third-order valence-electron chi connectivity index (χ3n) is 3.12. The quantitative estimate of drug-likeness (QED) is 0.388. The predicted octanol–water partition coefficient (Wildman–Crippen LogP) is 2.14. The Labute approximate surface area is 117 Å². The van der Waals surface area contributed by atoms with Crippen LogP contribution in [0.2, 0.25) is 0 Å². The minimum Gasteiger partial charge on any atom is -0.290 e. The van der Waals surface area contributed by atoms with Gasteiger partial charge in [-0.1, -0.05) is 42.0 Å². The minimum atomic E-state index is -0.462. The molecule has 1 amide bonds. The molecule has 4 nitrogen and oxygen atoms in total. The first-order valence-electron chi connectivity index (χ1n) is 6.26. The number of nitrogens with one attached hydrogen (secondary N) is 1. The van der Waals surface area contributed by atoms with Crippen molar-refractivity contribution < 1.29 is 9.59 Å². The van der Waals surface area contributed by atoms with Crippen LogP contribution in [0.1, 0.15) is 37.4 Å². The second kappa shape index (κ2) is 5.67. The van der Waals surface area contributed by atoms with E-state index in [9.17, 15) is 9.59 Å². The van der Waals surface area contributed by atoms with Crippen molar-refractivity contribution in [3.05, 3.63) is 70.3 Å². The largest absolute Gasteiger partial charge is 0.290 e. The van der Waals surface area contributed by atoms with Gasteiger partial charge in [0.05, 0.1) is 5.56 Å². The standard InChI is InChI=1S/C16H16N2O2/c1-10-8-11(2)14(13(9-10)16(20)18-17)15(19)12-6-4-3-5-7-12/h3-9H,17H2,1-2H3,(H,18,20). The molecule has 0 aliphatic rings. The van der Waals surface area contributed by atoms with E-state index in [1.165, 1.54) is 0 Å². The van der Waals surface area contributed by atoms with Crippen LogP contribution in [0, 0.1) is 13.8 Å². The van der Waals surface area contributed by atoms with Gasteiger partial charge in [-0.2, -0.15) is 0 Å². The molecule has 0 unspecified atom stereocenters. The lowest BCUT2D eigenvalue weighted by atomic mass is 9.92. The van der Waals surface area contributed by atoms with Crippen LogP contribution in [0.4, 0.5) is 0 Å². The Kier molecular flexibility index (Phi) is 3.96. The van der Waals surface area contributed by atoms with Crippen LogP contribution in [-0.4, -0.2) is 11.7 Å². The van der Waals surface area contributed by atoms with Gasteiger partial charge in [0.2, 0.25) is 0 Å². The number of hydrogen-bond donors (Lipinski definition) is 2. The van der Waals surface area contributed by atoms with Crippen LogP contribution in [0.25, 0.3) is 0 Å². The van der Waals surface area contributed by atoms with Crippen LogP contribution >= 0.6 is 0 Å². The first-order chi connectivity index (χ1) is 9.54. The topological polar surface area (TPSA) is 72.2 Å². The van der Waals surface area contributed by atoms with E-state index in [0.29, 0.717) is 16.7 Å². The molecule has 0 atom stereocenters. The summed E-state index contributed by atoms with van der Waals surface area (Å²) in [5.74, 6) is 4.56. The summed E-state index contributed by atoms with van der Waals surface area (Å²) in [6.45, 7) is 3.69. The van der Waals surface area contributed by atoms with Gasteiger partial charge < -0.3 is 0 Å². The maximum Gasteiger partial charge on any atom is 0.265 e. The van der Waals surface area contributed by atoms with E-state index < -0.39 is 5.91 Å². The van der Waals surface area contributed by atoms with Crippen LogP contribution in [0.15, 0.2) is 42.5 Å². The molecule has 102 valence electrons. The summed E-state index contributed by atoms with van der Waals surface area (Å²) in [5.41, 5.74) is 5.01. The second-order valence-electron chi connectivity index (χ2n) is 4.67. The average Bonchev–Trinajstić information content (AvgIpc) is 2.46. The zero-order chi connectivity index (χ0) is 14.7. The SMILES string of the molecule is Cc1cc(C)c(C(=O)c2ccccc2)c(C(=O)NN)c1. The number of nitrogens with two attached hydrogens (primary N) is 1. The molecule has 2 rings (SSSR count). The number of benzene rings is 2. The van der Waals surface area contributed by atoms with E-state index in [4.69, 9.17) is 5.84 Å². The smallest absolute Gasteiger partial charge is 0.265 e. The molecule has 0 heterocycles. The zero-order valence-corrected chi connectivity index (χ0v) is 11.4. The van der Waals surface area contributed by atoms with Crippen molar-refractivity contribution in [2.24, 2.45) is 5.84 Å². The highest BCUT2D eigenvalue weighted by molar-refractivity contribution is 6.16. The summed E-state index contributed by atoms with van der Waals surface area (Å²) in [4.78, 5) is 24.5. The lowest BCUT2D eigenvalue weighted by Gasteiger charge is -2.12. The van der Waals surface area contributed by atoms with Crippen molar-refractivity contribution in [1.29, 1.82) is 0 Å². The highest BCUT2D eigenvalue weighted by atomic mass is 16.2. The normalized spacial score (nSPS) is 10.2. The summed E-state index contributed by atoms with van der Waals surface area (Å²) in [5, 5.41) is 0. The van der Waals surface area contributed by atoms with Gasteiger partial charge >= 0.3 is 0 Å². The summed E-state index contributed by atoms with van der Waals surface area (Å²) < 4.78 is 0. The molecule has 0 spiro atoms. The average molecular weight is 268 g/mol. The maximum atomic E-state index is 12.6. The van der Waals surface area contributed by atoms with Gasteiger partial charge in [-0.15, -0.1) is 0 Å². The number of carbonyl (C=O) groups excluding carboxylic acids is 2.